The lowest BCUT2D eigenvalue weighted by Crippen LogP contribution is -2.20. The number of thiazole rings is 1. The van der Waals surface area contributed by atoms with Gasteiger partial charge in [0.2, 0.25) is 0 Å². The Morgan fingerprint density at radius 2 is 1.96 bits per heavy atom. The van der Waals surface area contributed by atoms with Crippen LogP contribution in [-0.2, 0) is 11.3 Å². The van der Waals surface area contributed by atoms with Crippen LogP contribution in [0.2, 0.25) is 0 Å². The first kappa shape index (κ1) is 19.4. The molecule has 0 unspecified atom stereocenters. The molecule has 0 saturated carbocycles. The minimum atomic E-state index is -0.683. The second-order valence-corrected chi connectivity index (χ2v) is 7.19. The van der Waals surface area contributed by atoms with Crippen molar-refractivity contribution in [2.75, 3.05) is 13.2 Å². The number of hydrogen-bond acceptors (Lipinski definition) is 3. The number of fused-ring (bicyclic) bond motifs is 1. The second-order valence-electron chi connectivity index (χ2n) is 6.18. The summed E-state index contributed by atoms with van der Waals surface area (Å²) in [6, 6.07) is 7.44. The van der Waals surface area contributed by atoms with Crippen LogP contribution in [0.4, 0.5) is 8.78 Å². The number of carbonyl (C=O) groups excluding carboxylic acids is 1. The summed E-state index contributed by atoms with van der Waals surface area (Å²) in [5, 5.41) is 0. The molecule has 0 aliphatic rings. The van der Waals surface area contributed by atoms with Crippen LogP contribution in [0.15, 0.2) is 35.3 Å². The number of aryl methyl sites for hydroxylation is 2. The molecule has 0 fully saturated rings. The SMILES string of the molecule is CCOCCn1c(=NC(=O)c2ccc(C)c(C)c2)sc2cc(F)cc(F)c21. The van der Waals surface area contributed by atoms with E-state index in [2.05, 4.69) is 4.99 Å². The van der Waals surface area contributed by atoms with Crippen LogP contribution in [-0.4, -0.2) is 23.7 Å². The monoisotopic (exact) mass is 390 g/mol. The normalized spacial score (nSPS) is 12.1. The number of nitrogens with zero attached hydrogens (tertiary/aromatic N) is 2. The number of ether oxygens (including phenoxy) is 1. The number of halogens is 2. The number of benzene rings is 2. The van der Waals surface area contributed by atoms with Gasteiger partial charge in [0.25, 0.3) is 5.91 Å². The lowest BCUT2D eigenvalue weighted by Gasteiger charge is -2.06. The van der Waals surface area contributed by atoms with Crippen molar-refractivity contribution in [3.63, 3.8) is 0 Å². The van der Waals surface area contributed by atoms with E-state index >= 15 is 0 Å². The van der Waals surface area contributed by atoms with Gasteiger partial charge in [-0.3, -0.25) is 4.79 Å². The van der Waals surface area contributed by atoms with Crippen LogP contribution in [0, 0.1) is 25.5 Å². The summed E-state index contributed by atoms with van der Waals surface area (Å²) < 4.78 is 35.3. The highest BCUT2D eigenvalue weighted by molar-refractivity contribution is 7.16. The highest BCUT2D eigenvalue weighted by atomic mass is 32.1. The molecule has 0 bridgehead atoms. The van der Waals surface area contributed by atoms with E-state index in [1.165, 1.54) is 6.07 Å². The summed E-state index contributed by atoms with van der Waals surface area (Å²) in [5.41, 5.74) is 2.76. The minimum Gasteiger partial charge on any atom is -0.380 e. The molecule has 1 heterocycles. The van der Waals surface area contributed by atoms with Crippen molar-refractivity contribution in [3.05, 3.63) is 63.5 Å². The lowest BCUT2D eigenvalue weighted by atomic mass is 10.1. The van der Waals surface area contributed by atoms with Crippen molar-refractivity contribution < 1.29 is 18.3 Å². The zero-order valence-corrected chi connectivity index (χ0v) is 16.2. The number of rotatable bonds is 5. The molecule has 4 nitrogen and oxygen atoms in total. The van der Waals surface area contributed by atoms with E-state index in [1.807, 2.05) is 26.8 Å². The van der Waals surface area contributed by atoms with Crippen LogP contribution in [0.25, 0.3) is 10.2 Å². The van der Waals surface area contributed by atoms with Gasteiger partial charge < -0.3 is 9.30 Å². The van der Waals surface area contributed by atoms with Gasteiger partial charge in [0.05, 0.1) is 16.8 Å². The van der Waals surface area contributed by atoms with Crippen LogP contribution in [0.1, 0.15) is 28.4 Å². The second kappa shape index (κ2) is 8.10. The highest BCUT2D eigenvalue weighted by Gasteiger charge is 2.14. The van der Waals surface area contributed by atoms with E-state index in [0.29, 0.717) is 34.8 Å². The predicted octanol–water partition coefficient (Wildman–Crippen LogP) is 4.38. The van der Waals surface area contributed by atoms with E-state index < -0.39 is 17.5 Å². The summed E-state index contributed by atoms with van der Waals surface area (Å²) in [6.45, 7) is 6.92. The Balaban J connectivity index is 2.12. The number of amides is 1. The molecule has 1 amide bonds. The summed E-state index contributed by atoms with van der Waals surface area (Å²) in [4.78, 5) is 17.1. The molecule has 0 aliphatic carbocycles. The summed E-state index contributed by atoms with van der Waals surface area (Å²) in [5.74, 6) is -1.77. The molecule has 7 heteroatoms. The molecule has 2 aromatic carbocycles. The predicted molar refractivity (Wildman–Crippen MR) is 102 cm³/mol. The third-order valence-electron chi connectivity index (χ3n) is 4.31. The minimum absolute atomic E-state index is 0.229. The van der Waals surface area contributed by atoms with Crippen LogP contribution >= 0.6 is 11.3 Å². The van der Waals surface area contributed by atoms with Gasteiger partial charge in [-0.25, -0.2) is 8.78 Å². The largest absolute Gasteiger partial charge is 0.380 e. The smallest absolute Gasteiger partial charge is 0.279 e. The van der Waals surface area contributed by atoms with Gasteiger partial charge in [0, 0.05) is 24.8 Å². The molecule has 0 aliphatic heterocycles. The first-order valence-corrected chi connectivity index (χ1v) is 9.44. The zero-order chi connectivity index (χ0) is 19.6. The van der Waals surface area contributed by atoms with Gasteiger partial charge in [-0.1, -0.05) is 17.4 Å². The maximum Gasteiger partial charge on any atom is 0.279 e. The van der Waals surface area contributed by atoms with Gasteiger partial charge in [-0.2, -0.15) is 4.99 Å². The van der Waals surface area contributed by atoms with Gasteiger partial charge in [0.1, 0.15) is 5.82 Å². The maximum atomic E-state index is 14.4. The molecule has 3 aromatic rings. The van der Waals surface area contributed by atoms with Crippen LogP contribution in [0.3, 0.4) is 0 Å². The summed E-state index contributed by atoms with van der Waals surface area (Å²) in [6.07, 6.45) is 0. The Kier molecular flexibility index (Phi) is 5.82. The fraction of sp³-hybridized carbons (Fsp3) is 0.300. The molecule has 27 heavy (non-hydrogen) atoms. The first-order valence-electron chi connectivity index (χ1n) is 8.63. The Labute approximate surface area is 159 Å². The molecular formula is C20H20F2N2O2S. The topological polar surface area (TPSA) is 43.6 Å². The Morgan fingerprint density at radius 1 is 1.19 bits per heavy atom. The molecule has 1 aromatic heterocycles. The average molecular weight is 390 g/mol. The van der Waals surface area contributed by atoms with E-state index in [1.54, 1.807) is 16.7 Å². The maximum absolute atomic E-state index is 14.4. The van der Waals surface area contributed by atoms with Crippen molar-refractivity contribution in [1.29, 1.82) is 0 Å². The Bertz CT molecular complexity index is 1070. The molecule has 0 radical (unpaired) electrons. The third kappa shape index (κ3) is 4.14. The lowest BCUT2D eigenvalue weighted by molar-refractivity contribution is 0.0996. The third-order valence-corrected chi connectivity index (χ3v) is 5.34. The van der Waals surface area contributed by atoms with E-state index in [4.69, 9.17) is 4.74 Å². The van der Waals surface area contributed by atoms with Crippen molar-refractivity contribution >= 4 is 27.5 Å². The highest BCUT2D eigenvalue weighted by Crippen LogP contribution is 2.22. The standard InChI is InChI=1S/C20H20F2N2O2S/c1-4-26-8-7-24-18-16(22)10-15(21)11-17(18)27-20(24)23-19(25)14-6-5-12(2)13(3)9-14/h5-6,9-11H,4,7-8H2,1-3H3. The van der Waals surface area contributed by atoms with E-state index in [0.717, 1.165) is 28.5 Å². The van der Waals surface area contributed by atoms with Gasteiger partial charge in [-0.05, 0) is 50.1 Å². The molecule has 0 spiro atoms. The number of hydrogen-bond donors (Lipinski definition) is 0. The zero-order valence-electron chi connectivity index (χ0n) is 15.4. The molecule has 0 N–H and O–H groups in total. The van der Waals surface area contributed by atoms with E-state index in [9.17, 15) is 13.6 Å². The molecule has 3 rings (SSSR count). The fourth-order valence-electron chi connectivity index (χ4n) is 2.75. The Morgan fingerprint density at radius 3 is 2.67 bits per heavy atom. The van der Waals surface area contributed by atoms with Gasteiger partial charge >= 0.3 is 0 Å². The molecule has 142 valence electrons. The molecule has 0 atom stereocenters. The average Bonchev–Trinajstić information content (AvgIpc) is 2.94. The van der Waals surface area contributed by atoms with Crippen LogP contribution < -0.4 is 4.80 Å². The van der Waals surface area contributed by atoms with Crippen molar-refractivity contribution in [2.24, 2.45) is 4.99 Å². The van der Waals surface area contributed by atoms with Gasteiger partial charge in [-0.15, -0.1) is 0 Å². The van der Waals surface area contributed by atoms with Gasteiger partial charge in [0.15, 0.2) is 10.6 Å². The van der Waals surface area contributed by atoms with Crippen molar-refractivity contribution in [2.45, 2.75) is 27.3 Å². The fourth-order valence-corrected chi connectivity index (χ4v) is 3.84. The van der Waals surface area contributed by atoms with Crippen LogP contribution in [0.5, 0.6) is 0 Å². The Hall–Kier alpha value is -2.38. The van der Waals surface area contributed by atoms with Crippen molar-refractivity contribution in [1.82, 2.24) is 4.57 Å². The summed E-state index contributed by atoms with van der Waals surface area (Å²) >= 11 is 1.08. The van der Waals surface area contributed by atoms with E-state index in [-0.39, 0.29) is 5.52 Å². The number of carbonyl (C=O) groups is 1. The summed E-state index contributed by atoms with van der Waals surface area (Å²) in [7, 11) is 0. The quantitative estimate of drug-likeness (QED) is 0.607. The molecule has 0 saturated heterocycles. The number of aromatic nitrogens is 1. The molecular weight excluding hydrogens is 370 g/mol. The first-order chi connectivity index (χ1) is 12.9. The van der Waals surface area contributed by atoms with Crippen molar-refractivity contribution in [3.8, 4) is 0 Å².